The molecule has 0 aromatic rings. The zero-order valence-corrected chi connectivity index (χ0v) is 13.4. The van der Waals surface area contributed by atoms with Gasteiger partial charge in [-0.3, -0.25) is 4.79 Å². The van der Waals surface area contributed by atoms with Crippen molar-refractivity contribution in [1.29, 1.82) is 0 Å². The lowest BCUT2D eigenvalue weighted by molar-refractivity contribution is -0.125. The number of allylic oxidation sites excluding steroid dienone is 1. The molecule has 0 spiro atoms. The van der Waals surface area contributed by atoms with Gasteiger partial charge in [0.05, 0.1) is 0 Å². The molecule has 0 radical (unpaired) electrons. The number of rotatable bonds is 6. The smallest absolute Gasteiger partial charge is 0.223 e. The molecule has 3 nitrogen and oxygen atoms in total. The summed E-state index contributed by atoms with van der Waals surface area (Å²) in [7, 11) is 0. The molecule has 21 heavy (non-hydrogen) atoms. The second-order valence-electron chi connectivity index (χ2n) is 6.37. The first kappa shape index (κ1) is 16.3. The molecule has 1 aliphatic carbocycles. The van der Waals surface area contributed by atoms with Crippen LogP contribution in [0.3, 0.4) is 0 Å². The molecule has 0 aromatic carbocycles. The van der Waals surface area contributed by atoms with Gasteiger partial charge in [-0.2, -0.15) is 0 Å². The van der Waals surface area contributed by atoms with Gasteiger partial charge < -0.3 is 10.6 Å². The average Bonchev–Trinajstić information content (AvgIpc) is 3.04. The first-order valence-corrected chi connectivity index (χ1v) is 8.61. The number of hydrogen-bond donors (Lipinski definition) is 2. The molecule has 2 rings (SSSR count). The summed E-state index contributed by atoms with van der Waals surface area (Å²) in [5.74, 6) is 0.459. The van der Waals surface area contributed by atoms with Gasteiger partial charge in [0.2, 0.25) is 5.91 Å². The number of carbonyl (C=O) groups is 1. The van der Waals surface area contributed by atoms with E-state index in [0.717, 1.165) is 31.4 Å². The molecular formula is C18H30N2O. The molecule has 1 amide bonds. The summed E-state index contributed by atoms with van der Waals surface area (Å²) in [6.07, 6.45) is 11.5. The van der Waals surface area contributed by atoms with Crippen LogP contribution in [0.2, 0.25) is 0 Å². The van der Waals surface area contributed by atoms with E-state index in [4.69, 9.17) is 0 Å². The van der Waals surface area contributed by atoms with E-state index in [1.807, 2.05) is 0 Å². The van der Waals surface area contributed by atoms with Crippen LogP contribution in [0.1, 0.15) is 58.3 Å². The van der Waals surface area contributed by atoms with Gasteiger partial charge in [-0.05, 0) is 49.8 Å². The third-order valence-electron chi connectivity index (χ3n) is 4.72. The zero-order valence-electron chi connectivity index (χ0n) is 13.4. The quantitative estimate of drug-likeness (QED) is 0.737. The number of nitrogens with one attached hydrogen (secondary N) is 2. The Balaban J connectivity index is 1.83. The Morgan fingerprint density at radius 1 is 1.24 bits per heavy atom. The van der Waals surface area contributed by atoms with Crippen molar-refractivity contribution in [3.05, 3.63) is 23.8 Å². The maximum Gasteiger partial charge on any atom is 0.223 e. The van der Waals surface area contributed by atoms with Crippen molar-refractivity contribution in [1.82, 2.24) is 10.6 Å². The van der Waals surface area contributed by atoms with E-state index in [1.165, 1.54) is 37.7 Å². The van der Waals surface area contributed by atoms with Crippen LogP contribution < -0.4 is 10.6 Å². The molecule has 1 saturated carbocycles. The minimum atomic E-state index is 0.228. The van der Waals surface area contributed by atoms with Gasteiger partial charge in [-0.1, -0.05) is 38.8 Å². The van der Waals surface area contributed by atoms with Crippen LogP contribution in [-0.4, -0.2) is 25.0 Å². The maximum absolute atomic E-state index is 12.2. The van der Waals surface area contributed by atoms with Crippen LogP contribution in [0, 0.1) is 5.92 Å². The third-order valence-corrected chi connectivity index (χ3v) is 4.72. The van der Waals surface area contributed by atoms with E-state index in [0.29, 0.717) is 12.6 Å². The second-order valence-corrected chi connectivity index (χ2v) is 6.37. The van der Waals surface area contributed by atoms with Gasteiger partial charge in [0, 0.05) is 18.5 Å². The molecule has 1 saturated heterocycles. The van der Waals surface area contributed by atoms with Gasteiger partial charge in [0.1, 0.15) is 0 Å². The van der Waals surface area contributed by atoms with Crippen molar-refractivity contribution < 1.29 is 4.79 Å². The monoisotopic (exact) mass is 290 g/mol. The van der Waals surface area contributed by atoms with E-state index in [2.05, 4.69) is 30.2 Å². The highest BCUT2D eigenvalue weighted by Gasteiger charge is 2.23. The normalized spacial score (nSPS) is 24.0. The molecule has 3 heteroatoms. The average molecular weight is 290 g/mol. The Hall–Kier alpha value is -1.09. The number of hydrogen-bond acceptors (Lipinski definition) is 2. The summed E-state index contributed by atoms with van der Waals surface area (Å²) >= 11 is 0. The van der Waals surface area contributed by atoms with Gasteiger partial charge in [0.15, 0.2) is 0 Å². The van der Waals surface area contributed by atoms with Crippen LogP contribution >= 0.6 is 0 Å². The van der Waals surface area contributed by atoms with Crippen molar-refractivity contribution in [2.24, 2.45) is 5.92 Å². The molecule has 2 fully saturated rings. The highest BCUT2D eigenvalue weighted by atomic mass is 16.1. The lowest BCUT2D eigenvalue weighted by atomic mass is 9.88. The highest BCUT2D eigenvalue weighted by Crippen LogP contribution is 2.24. The van der Waals surface area contributed by atoms with E-state index >= 15 is 0 Å². The van der Waals surface area contributed by atoms with Crippen molar-refractivity contribution in [2.45, 2.75) is 64.3 Å². The van der Waals surface area contributed by atoms with Crippen LogP contribution in [0.15, 0.2) is 23.8 Å². The SMILES string of the molecule is C=C(CNC(=O)C1CCCCC1)/C(=C\CC)[C@@H]1CCCN1. The van der Waals surface area contributed by atoms with Gasteiger partial charge >= 0.3 is 0 Å². The van der Waals surface area contributed by atoms with E-state index in [9.17, 15) is 4.79 Å². The molecular weight excluding hydrogens is 260 g/mol. The zero-order chi connectivity index (χ0) is 15.1. The standard InChI is InChI=1S/C18H30N2O/c1-3-8-16(17-11-7-12-19-17)14(2)13-20-18(21)15-9-5-4-6-10-15/h8,15,17,19H,2-7,9-13H2,1H3,(H,20,21)/b16-8+/t17-/m0/s1. The first-order chi connectivity index (χ1) is 10.2. The summed E-state index contributed by atoms with van der Waals surface area (Å²) in [6.45, 7) is 8.06. The topological polar surface area (TPSA) is 41.1 Å². The lowest BCUT2D eigenvalue weighted by Gasteiger charge is -2.22. The Labute approximate surface area is 129 Å². The van der Waals surface area contributed by atoms with E-state index < -0.39 is 0 Å². The molecule has 118 valence electrons. The third kappa shape index (κ3) is 4.70. The second kappa shape index (κ2) is 8.38. The molecule has 0 aromatic heterocycles. The minimum Gasteiger partial charge on any atom is -0.352 e. The van der Waals surface area contributed by atoms with Crippen molar-refractivity contribution >= 4 is 5.91 Å². The van der Waals surface area contributed by atoms with Crippen LogP contribution in [-0.2, 0) is 4.79 Å². The van der Waals surface area contributed by atoms with Crippen molar-refractivity contribution in [3.8, 4) is 0 Å². The molecule has 2 N–H and O–H groups in total. The lowest BCUT2D eigenvalue weighted by Crippen LogP contribution is -2.34. The van der Waals surface area contributed by atoms with Crippen LogP contribution in [0.5, 0.6) is 0 Å². The van der Waals surface area contributed by atoms with Gasteiger partial charge in [0.25, 0.3) is 0 Å². The minimum absolute atomic E-state index is 0.228. The predicted molar refractivity (Wildman–Crippen MR) is 88.1 cm³/mol. The van der Waals surface area contributed by atoms with E-state index in [1.54, 1.807) is 0 Å². The Bertz CT molecular complexity index is 388. The molecule has 0 bridgehead atoms. The van der Waals surface area contributed by atoms with Crippen LogP contribution in [0.4, 0.5) is 0 Å². The summed E-state index contributed by atoms with van der Waals surface area (Å²) < 4.78 is 0. The summed E-state index contributed by atoms with van der Waals surface area (Å²) in [6, 6.07) is 0.434. The van der Waals surface area contributed by atoms with Crippen molar-refractivity contribution in [3.63, 3.8) is 0 Å². The van der Waals surface area contributed by atoms with Gasteiger partial charge in [-0.25, -0.2) is 0 Å². The number of amides is 1. The number of carbonyl (C=O) groups excluding carboxylic acids is 1. The van der Waals surface area contributed by atoms with E-state index in [-0.39, 0.29) is 11.8 Å². The molecule has 1 atom stereocenters. The fourth-order valence-corrected chi connectivity index (χ4v) is 3.51. The Morgan fingerprint density at radius 3 is 2.62 bits per heavy atom. The molecule has 1 aliphatic heterocycles. The van der Waals surface area contributed by atoms with Crippen LogP contribution in [0.25, 0.3) is 0 Å². The fraction of sp³-hybridized carbons (Fsp3) is 0.722. The predicted octanol–water partition coefficient (Wildman–Crippen LogP) is 3.33. The molecule has 1 heterocycles. The summed E-state index contributed by atoms with van der Waals surface area (Å²) in [5, 5.41) is 6.64. The largest absolute Gasteiger partial charge is 0.352 e. The maximum atomic E-state index is 12.2. The summed E-state index contributed by atoms with van der Waals surface area (Å²) in [5.41, 5.74) is 2.37. The fourth-order valence-electron chi connectivity index (χ4n) is 3.51. The summed E-state index contributed by atoms with van der Waals surface area (Å²) in [4.78, 5) is 12.2. The molecule has 2 aliphatic rings. The van der Waals surface area contributed by atoms with Crippen molar-refractivity contribution in [2.75, 3.05) is 13.1 Å². The van der Waals surface area contributed by atoms with Gasteiger partial charge in [-0.15, -0.1) is 0 Å². The molecule has 0 unspecified atom stereocenters. The Morgan fingerprint density at radius 2 is 2.00 bits per heavy atom. The first-order valence-electron chi connectivity index (χ1n) is 8.61. The highest BCUT2D eigenvalue weighted by molar-refractivity contribution is 5.79. The Kier molecular flexibility index (Phi) is 6.50.